The first kappa shape index (κ1) is 31.4. The van der Waals surface area contributed by atoms with E-state index in [0.717, 1.165) is 73.2 Å². The fraction of sp³-hybridized carbons (Fsp3) is 0.0588. The van der Waals surface area contributed by atoms with Gasteiger partial charge in [0.05, 0.1) is 11.0 Å². The van der Waals surface area contributed by atoms with Crippen molar-refractivity contribution in [3.05, 3.63) is 187 Å². The highest BCUT2D eigenvalue weighted by Gasteiger charge is 2.47. The molecule has 8 aromatic carbocycles. The molecule has 4 nitrogen and oxygen atoms in total. The number of nitrogens with zero attached hydrogens (tertiary/aromatic N) is 2. The van der Waals surface area contributed by atoms with Crippen molar-refractivity contribution in [2.45, 2.75) is 19.3 Å². The maximum Gasteiger partial charge on any atom is 0.260 e. The topological polar surface area (TPSA) is 26.6 Å². The lowest BCUT2D eigenvalue weighted by Gasteiger charge is -2.36. The lowest BCUT2D eigenvalue weighted by molar-refractivity contribution is 0.454. The molecule has 3 heterocycles. The normalized spacial score (nSPS) is 13.9. The van der Waals surface area contributed by atoms with Crippen LogP contribution in [0.25, 0.3) is 38.6 Å². The van der Waals surface area contributed by atoms with Gasteiger partial charge in [-0.3, -0.25) is 0 Å². The van der Waals surface area contributed by atoms with E-state index in [9.17, 15) is 0 Å². The number of aromatic nitrogens is 1. The molecule has 0 saturated carbocycles. The minimum Gasteiger partial charge on any atom is -0.458 e. The van der Waals surface area contributed by atoms with Crippen molar-refractivity contribution in [2.75, 3.05) is 4.90 Å². The van der Waals surface area contributed by atoms with Crippen LogP contribution >= 0.6 is 0 Å². The molecule has 56 heavy (non-hydrogen) atoms. The van der Waals surface area contributed by atoms with E-state index in [0.29, 0.717) is 0 Å². The lowest BCUT2D eigenvalue weighted by Crippen LogP contribution is -2.57. The second-order valence-electron chi connectivity index (χ2n) is 15.7. The SMILES string of the molecule is CC1(C)c2cc(N(c3ccccc3)c3ccccc3)ccc2-c2cc3c4c(c21)Oc1cc2c(cc1B4c1ccccc1O3)c1ccccc1n2-c1ccccc1. The Morgan fingerprint density at radius 3 is 1.95 bits per heavy atom. The largest absolute Gasteiger partial charge is 0.458 e. The fourth-order valence-corrected chi connectivity index (χ4v) is 9.81. The van der Waals surface area contributed by atoms with Gasteiger partial charge in [0.15, 0.2) is 0 Å². The Labute approximate surface area is 325 Å². The highest BCUT2D eigenvalue weighted by Crippen LogP contribution is 2.56. The quantitative estimate of drug-likeness (QED) is 0.170. The summed E-state index contributed by atoms with van der Waals surface area (Å²) in [5, 5.41) is 2.44. The third-order valence-corrected chi connectivity index (χ3v) is 12.2. The summed E-state index contributed by atoms with van der Waals surface area (Å²) in [5.41, 5.74) is 14.7. The smallest absolute Gasteiger partial charge is 0.260 e. The number of hydrogen-bond acceptors (Lipinski definition) is 3. The molecule has 1 aliphatic carbocycles. The van der Waals surface area contributed by atoms with E-state index in [1.165, 1.54) is 33.0 Å². The van der Waals surface area contributed by atoms with Crippen molar-refractivity contribution >= 4 is 62.0 Å². The van der Waals surface area contributed by atoms with Crippen molar-refractivity contribution in [3.8, 4) is 39.8 Å². The second-order valence-corrected chi connectivity index (χ2v) is 15.7. The Morgan fingerprint density at radius 2 is 1.18 bits per heavy atom. The van der Waals surface area contributed by atoms with Crippen LogP contribution < -0.4 is 30.8 Å². The van der Waals surface area contributed by atoms with E-state index in [4.69, 9.17) is 9.47 Å². The van der Waals surface area contributed by atoms with E-state index in [-0.39, 0.29) is 12.1 Å². The van der Waals surface area contributed by atoms with Gasteiger partial charge in [0.25, 0.3) is 6.71 Å². The van der Waals surface area contributed by atoms with Crippen LogP contribution in [-0.2, 0) is 5.41 Å². The average molecular weight is 719 g/mol. The molecule has 12 rings (SSSR count). The van der Waals surface area contributed by atoms with Gasteiger partial charge in [0.1, 0.15) is 23.0 Å². The van der Waals surface area contributed by atoms with Gasteiger partial charge in [-0.15, -0.1) is 0 Å². The predicted molar refractivity (Wildman–Crippen MR) is 231 cm³/mol. The zero-order valence-corrected chi connectivity index (χ0v) is 31.0. The first-order valence-corrected chi connectivity index (χ1v) is 19.4. The molecule has 5 heteroatoms. The van der Waals surface area contributed by atoms with E-state index in [1.807, 2.05) is 0 Å². The molecule has 2 aliphatic heterocycles. The maximum absolute atomic E-state index is 7.36. The molecular weight excluding hydrogens is 683 g/mol. The van der Waals surface area contributed by atoms with Crippen LogP contribution in [0, 0.1) is 0 Å². The van der Waals surface area contributed by atoms with Crippen LogP contribution in [0.4, 0.5) is 17.1 Å². The summed E-state index contributed by atoms with van der Waals surface area (Å²) < 4.78 is 16.6. The van der Waals surface area contributed by atoms with Crippen LogP contribution in [0.3, 0.4) is 0 Å². The summed E-state index contributed by atoms with van der Waals surface area (Å²) in [7, 11) is 0. The molecule has 0 spiro atoms. The van der Waals surface area contributed by atoms with Crippen LogP contribution in [0.1, 0.15) is 25.0 Å². The third kappa shape index (κ3) is 4.31. The zero-order valence-electron chi connectivity index (χ0n) is 31.0. The monoisotopic (exact) mass is 718 g/mol. The van der Waals surface area contributed by atoms with Gasteiger partial charge in [0, 0.05) is 56.0 Å². The minimum absolute atomic E-state index is 0.0519. The molecule has 3 aliphatic rings. The van der Waals surface area contributed by atoms with Gasteiger partial charge < -0.3 is 18.9 Å². The molecule has 0 fully saturated rings. The summed E-state index contributed by atoms with van der Waals surface area (Å²) in [5.74, 6) is 3.56. The van der Waals surface area contributed by atoms with Gasteiger partial charge in [-0.1, -0.05) is 117 Å². The van der Waals surface area contributed by atoms with Gasteiger partial charge in [0.2, 0.25) is 0 Å². The molecular formula is C51H35BN2O2. The molecule has 0 N–H and O–H groups in total. The highest BCUT2D eigenvalue weighted by atomic mass is 16.5. The summed E-state index contributed by atoms with van der Waals surface area (Å²) in [4.78, 5) is 2.34. The number of hydrogen-bond donors (Lipinski definition) is 0. The fourth-order valence-electron chi connectivity index (χ4n) is 9.81. The number of anilines is 3. The number of ether oxygens (including phenoxy) is 2. The predicted octanol–water partition coefficient (Wildman–Crippen LogP) is 11.3. The van der Waals surface area contributed by atoms with Crippen molar-refractivity contribution in [1.29, 1.82) is 0 Å². The Bertz CT molecular complexity index is 3020. The Morgan fingerprint density at radius 1 is 0.500 bits per heavy atom. The van der Waals surface area contributed by atoms with Crippen LogP contribution in [-0.4, -0.2) is 11.3 Å². The van der Waals surface area contributed by atoms with Crippen molar-refractivity contribution < 1.29 is 9.47 Å². The number of para-hydroxylation sites is 5. The molecule has 0 bridgehead atoms. The van der Waals surface area contributed by atoms with Crippen LogP contribution in [0.15, 0.2) is 176 Å². The summed E-state index contributed by atoms with van der Waals surface area (Å²) in [6.45, 7) is 4.65. The van der Waals surface area contributed by atoms with Gasteiger partial charge in [-0.05, 0) is 94.3 Å². The second kappa shape index (κ2) is 11.5. The summed E-state index contributed by atoms with van der Waals surface area (Å²) >= 11 is 0. The van der Waals surface area contributed by atoms with E-state index in [2.05, 4.69) is 199 Å². The Balaban J connectivity index is 1.09. The highest BCUT2D eigenvalue weighted by molar-refractivity contribution is 6.98. The third-order valence-electron chi connectivity index (χ3n) is 12.2. The molecule has 0 radical (unpaired) electrons. The molecule has 0 atom stereocenters. The van der Waals surface area contributed by atoms with Crippen LogP contribution in [0.2, 0.25) is 0 Å². The first-order chi connectivity index (χ1) is 27.5. The molecule has 0 unspecified atom stereocenters. The van der Waals surface area contributed by atoms with E-state index < -0.39 is 0 Å². The van der Waals surface area contributed by atoms with E-state index >= 15 is 0 Å². The van der Waals surface area contributed by atoms with Crippen molar-refractivity contribution in [3.63, 3.8) is 0 Å². The van der Waals surface area contributed by atoms with E-state index in [1.54, 1.807) is 0 Å². The molecule has 1 aromatic heterocycles. The Kier molecular flexibility index (Phi) is 6.45. The number of rotatable bonds is 4. The molecule has 0 saturated heterocycles. The summed E-state index contributed by atoms with van der Waals surface area (Å²) in [6.07, 6.45) is 0. The first-order valence-electron chi connectivity index (χ1n) is 19.4. The number of fused-ring (bicyclic) bond motifs is 11. The standard InChI is InChI=1S/C51H35BN2O2/c1-51(2)40-28-35(53(32-16-6-3-7-17-32)33-18-8-4-9-19-33)26-27-36(40)39-30-47-49-50(48(39)51)56-46-31-44-38(29-42(46)52(49)41-23-13-15-25-45(41)55-47)37-22-12-14-24-43(37)54(44)34-20-10-5-11-21-34/h3-31H,1-2H3. The average Bonchev–Trinajstić information content (AvgIpc) is 3.68. The minimum atomic E-state index is -0.369. The van der Waals surface area contributed by atoms with Crippen LogP contribution in [0.5, 0.6) is 23.0 Å². The van der Waals surface area contributed by atoms with Crippen molar-refractivity contribution in [1.82, 2.24) is 4.57 Å². The lowest BCUT2D eigenvalue weighted by atomic mass is 9.34. The van der Waals surface area contributed by atoms with Gasteiger partial charge >= 0.3 is 0 Å². The van der Waals surface area contributed by atoms with Gasteiger partial charge in [-0.25, -0.2) is 0 Å². The van der Waals surface area contributed by atoms with Gasteiger partial charge in [-0.2, -0.15) is 0 Å². The van der Waals surface area contributed by atoms with Crippen molar-refractivity contribution in [2.24, 2.45) is 0 Å². The summed E-state index contributed by atoms with van der Waals surface area (Å²) in [6, 6.07) is 63.0. The number of benzene rings is 8. The molecule has 0 amide bonds. The molecule has 264 valence electrons. The maximum atomic E-state index is 7.36. The Hall–Kier alpha value is -6.98. The zero-order chi connectivity index (χ0) is 37.1. The molecule has 9 aromatic rings.